The summed E-state index contributed by atoms with van der Waals surface area (Å²) in [6.45, 7) is 2.51. The van der Waals surface area contributed by atoms with E-state index in [-0.39, 0.29) is 0 Å². The van der Waals surface area contributed by atoms with Gasteiger partial charge in [-0.1, -0.05) is 11.6 Å². The third kappa shape index (κ3) is 3.59. The summed E-state index contributed by atoms with van der Waals surface area (Å²) in [7, 11) is 0. The van der Waals surface area contributed by atoms with Crippen LogP contribution in [0.1, 0.15) is 18.1 Å². The maximum absolute atomic E-state index is 8.74. The van der Waals surface area contributed by atoms with Crippen LogP contribution in [0.15, 0.2) is 47.5 Å². The third-order valence-electron chi connectivity index (χ3n) is 2.62. The number of rotatable bonds is 4. The van der Waals surface area contributed by atoms with Gasteiger partial charge in [-0.2, -0.15) is 5.26 Å². The fourth-order valence-electron chi connectivity index (χ4n) is 1.67. The van der Waals surface area contributed by atoms with Crippen LogP contribution in [0.25, 0.3) is 0 Å². The van der Waals surface area contributed by atoms with E-state index >= 15 is 0 Å². The first kappa shape index (κ1) is 14.1. The number of nitriles is 1. The van der Waals surface area contributed by atoms with E-state index in [9.17, 15) is 0 Å². The van der Waals surface area contributed by atoms with E-state index in [4.69, 9.17) is 21.6 Å². The molecule has 0 saturated heterocycles. The molecule has 0 unspecified atom stereocenters. The predicted molar refractivity (Wildman–Crippen MR) is 81.0 cm³/mol. The molecule has 0 aliphatic heterocycles. The average molecular weight is 285 g/mol. The molecule has 0 aliphatic rings. The van der Waals surface area contributed by atoms with Crippen LogP contribution in [-0.4, -0.2) is 12.8 Å². The molecular formula is C16H13ClN2O. The van der Waals surface area contributed by atoms with Crippen molar-refractivity contribution in [1.29, 1.82) is 5.26 Å². The number of halogens is 1. The number of hydrogen-bond acceptors (Lipinski definition) is 3. The molecule has 0 radical (unpaired) electrons. The summed E-state index contributed by atoms with van der Waals surface area (Å²) in [6, 6.07) is 14.5. The predicted octanol–water partition coefficient (Wildman–Crippen LogP) is 4.36. The Balaban J connectivity index is 2.25. The van der Waals surface area contributed by atoms with Crippen LogP contribution < -0.4 is 4.74 Å². The molecule has 0 N–H and O–H groups in total. The summed E-state index contributed by atoms with van der Waals surface area (Å²) >= 11 is 5.99. The lowest BCUT2D eigenvalue weighted by Gasteiger charge is -2.06. The Bertz CT molecular complexity index is 657. The summed E-state index contributed by atoms with van der Waals surface area (Å²) in [6.07, 6.45) is 1.71. The molecule has 0 bridgehead atoms. The maximum Gasteiger partial charge on any atom is 0.128 e. The summed E-state index contributed by atoms with van der Waals surface area (Å²) in [5, 5.41) is 9.38. The van der Waals surface area contributed by atoms with Crippen molar-refractivity contribution in [3.05, 3.63) is 58.6 Å². The minimum Gasteiger partial charge on any atom is -0.493 e. The van der Waals surface area contributed by atoms with Crippen molar-refractivity contribution in [2.24, 2.45) is 4.99 Å². The standard InChI is InChI=1S/C16H13ClN2O/c1-2-20-16-8-5-14(17)9-13(16)11-19-15-6-3-12(10-18)4-7-15/h3-9,11H,2H2,1H3. The van der Waals surface area contributed by atoms with Crippen LogP contribution in [0.3, 0.4) is 0 Å². The van der Waals surface area contributed by atoms with Crippen molar-refractivity contribution in [3.63, 3.8) is 0 Å². The van der Waals surface area contributed by atoms with Crippen molar-refractivity contribution in [1.82, 2.24) is 0 Å². The molecule has 0 aliphatic carbocycles. The lowest BCUT2D eigenvalue weighted by Crippen LogP contribution is -1.95. The zero-order valence-electron chi connectivity index (χ0n) is 11.0. The van der Waals surface area contributed by atoms with Crippen molar-refractivity contribution in [2.75, 3.05) is 6.61 Å². The quantitative estimate of drug-likeness (QED) is 0.783. The summed E-state index contributed by atoms with van der Waals surface area (Å²) < 4.78 is 5.52. The van der Waals surface area contributed by atoms with Crippen molar-refractivity contribution in [2.45, 2.75) is 6.92 Å². The molecule has 2 rings (SSSR count). The topological polar surface area (TPSA) is 45.4 Å². The lowest BCUT2D eigenvalue weighted by molar-refractivity contribution is 0.340. The van der Waals surface area contributed by atoms with Gasteiger partial charge in [0.1, 0.15) is 5.75 Å². The van der Waals surface area contributed by atoms with Crippen molar-refractivity contribution >= 4 is 23.5 Å². The molecule has 3 nitrogen and oxygen atoms in total. The van der Waals surface area contributed by atoms with E-state index in [0.717, 1.165) is 17.0 Å². The highest BCUT2D eigenvalue weighted by molar-refractivity contribution is 6.30. The summed E-state index contributed by atoms with van der Waals surface area (Å²) in [5.74, 6) is 0.745. The zero-order valence-corrected chi connectivity index (χ0v) is 11.8. The van der Waals surface area contributed by atoms with Gasteiger partial charge < -0.3 is 4.74 Å². The van der Waals surface area contributed by atoms with E-state index in [1.54, 1.807) is 42.6 Å². The molecule has 20 heavy (non-hydrogen) atoms. The van der Waals surface area contributed by atoms with Crippen LogP contribution in [0, 0.1) is 11.3 Å². The van der Waals surface area contributed by atoms with Crippen LogP contribution in [-0.2, 0) is 0 Å². The van der Waals surface area contributed by atoms with Crippen LogP contribution in [0.2, 0.25) is 5.02 Å². The van der Waals surface area contributed by atoms with Gasteiger partial charge >= 0.3 is 0 Å². The molecule has 0 amide bonds. The highest BCUT2D eigenvalue weighted by Crippen LogP contribution is 2.22. The maximum atomic E-state index is 8.74. The van der Waals surface area contributed by atoms with Crippen LogP contribution >= 0.6 is 11.6 Å². The Morgan fingerprint density at radius 2 is 2.00 bits per heavy atom. The Kier molecular flexibility index (Phi) is 4.75. The Morgan fingerprint density at radius 1 is 1.25 bits per heavy atom. The van der Waals surface area contributed by atoms with Gasteiger partial charge in [0.2, 0.25) is 0 Å². The van der Waals surface area contributed by atoms with E-state index in [2.05, 4.69) is 11.1 Å². The summed E-state index contributed by atoms with van der Waals surface area (Å²) in [5.41, 5.74) is 2.21. The molecule has 0 fully saturated rings. The molecule has 0 saturated carbocycles. The van der Waals surface area contributed by atoms with Gasteiger partial charge in [0.25, 0.3) is 0 Å². The van der Waals surface area contributed by atoms with Gasteiger partial charge in [-0.05, 0) is 49.4 Å². The molecule has 2 aromatic carbocycles. The van der Waals surface area contributed by atoms with Gasteiger partial charge in [-0.15, -0.1) is 0 Å². The Labute approximate surface area is 123 Å². The molecule has 2 aromatic rings. The number of aliphatic imine (C=N–C) groups is 1. The Hall–Kier alpha value is -2.31. The second kappa shape index (κ2) is 6.74. The first-order valence-corrected chi connectivity index (χ1v) is 6.57. The third-order valence-corrected chi connectivity index (χ3v) is 2.86. The SMILES string of the molecule is CCOc1ccc(Cl)cc1C=Nc1ccc(C#N)cc1. The molecule has 100 valence electrons. The monoisotopic (exact) mass is 284 g/mol. The normalized spacial score (nSPS) is 10.4. The number of hydrogen-bond donors (Lipinski definition) is 0. The van der Waals surface area contributed by atoms with E-state index in [1.807, 2.05) is 13.0 Å². The van der Waals surface area contributed by atoms with E-state index in [1.165, 1.54) is 0 Å². The molecular weight excluding hydrogens is 272 g/mol. The number of benzene rings is 2. The second-order valence-corrected chi connectivity index (χ2v) is 4.47. The van der Waals surface area contributed by atoms with Gasteiger partial charge in [0.15, 0.2) is 0 Å². The average Bonchev–Trinajstić information content (AvgIpc) is 2.48. The fourth-order valence-corrected chi connectivity index (χ4v) is 1.85. The van der Waals surface area contributed by atoms with Gasteiger partial charge in [-0.25, -0.2) is 0 Å². The lowest BCUT2D eigenvalue weighted by atomic mass is 10.2. The van der Waals surface area contributed by atoms with E-state index < -0.39 is 0 Å². The smallest absolute Gasteiger partial charge is 0.128 e. The highest BCUT2D eigenvalue weighted by atomic mass is 35.5. The molecule has 0 aromatic heterocycles. The highest BCUT2D eigenvalue weighted by Gasteiger charge is 2.02. The minimum atomic E-state index is 0.583. The van der Waals surface area contributed by atoms with E-state index in [0.29, 0.717) is 17.2 Å². The van der Waals surface area contributed by atoms with Gasteiger partial charge in [0, 0.05) is 16.8 Å². The first-order chi connectivity index (χ1) is 9.72. The number of ether oxygens (including phenoxy) is 1. The van der Waals surface area contributed by atoms with Crippen molar-refractivity contribution in [3.8, 4) is 11.8 Å². The van der Waals surface area contributed by atoms with Crippen LogP contribution in [0.5, 0.6) is 5.75 Å². The van der Waals surface area contributed by atoms with Gasteiger partial charge in [0.05, 0.1) is 23.9 Å². The molecule has 0 heterocycles. The minimum absolute atomic E-state index is 0.583. The zero-order chi connectivity index (χ0) is 14.4. The largest absolute Gasteiger partial charge is 0.493 e. The van der Waals surface area contributed by atoms with Crippen molar-refractivity contribution < 1.29 is 4.74 Å². The van der Waals surface area contributed by atoms with Crippen LogP contribution in [0.4, 0.5) is 5.69 Å². The molecule has 4 heteroatoms. The molecule has 0 atom stereocenters. The molecule has 0 spiro atoms. The Morgan fingerprint density at radius 3 is 2.65 bits per heavy atom. The fraction of sp³-hybridized carbons (Fsp3) is 0.125. The second-order valence-electron chi connectivity index (χ2n) is 4.03. The summed E-state index contributed by atoms with van der Waals surface area (Å²) in [4.78, 5) is 4.36. The number of nitrogens with zero attached hydrogens (tertiary/aromatic N) is 2. The van der Waals surface area contributed by atoms with Gasteiger partial charge in [-0.3, -0.25) is 4.99 Å². The first-order valence-electron chi connectivity index (χ1n) is 6.19.